The first-order chi connectivity index (χ1) is 10.7. The van der Waals surface area contributed by atoms with Crippen molar-refractivity contribution in [3.8, 4) is 5.75 Å². The van der Waals surface area contributed by atoms with E-state index >= 15 is 0 Å². The van der Waals surface area contributed by atoms with Crippen LogP contribution in [-0.4, -0.2) is 40.3 Å². The maximum Gasteiger partial charge on any atom is 0.225 e. The van der Waals surface area contributed by atoms with Crippen LogP contribution in [0.25, 0.3) is 0 Å². The average Bonchev–Trinajstić information content (AvgIpc) is 2.55. The van der Waals surface area contributed by atoms with Gasteiger partial charge in [-0.15, -0.1) is 0 Å². The summed E-state index contributed by atoms with van der Waals surface area (Å²) in [5.41, 5.74) is 1.07. The molecule has 0 amide bonds. The number of hydrogen-bond donors (Lipinski definition) is 0. The highest BCUT2D eigenvalue weighted by Gasteiger charge is 2.35. The van der Waals surface area contributed by atoms with Gasteiger partial charge in [-0.05, 0) is 24.1 Å². The molecule has 1 heterocycles. The van der Waals surface area contributed by atoms with Gasteiger partial charge in [-0.2, -0.15) is 0 Å². The molecule has 0 radical (unpaired) electrons. The molecule has 0 unspecified atom stereocenters. The van der Waals surface area contributed by atoms with E-state index in [1.54, 1.807) is 21.3 Å². The molecule has 0 aromatic heterocycles. The van der Waals surface area contributed by atoms with E-state index in [9.17, 15) is 0 Å². The molecule has 1 fully saturated rings. The minimum atomic E-state index is -0.432. The predicted octanol–water partition coefficient (Wildman–Crippen LogP) is 2.75. The monoisotopic (exact) mass is 308 g/mol. The second-order valence-electron chi connectivity index (χ2n) is 5.27. The highest BCUT2D eigenvalue weighted by atomic mass is 16.7. The molecule has 5 heteroatoms. The molecule has 1 aliphatic rings. The van der Waals surface area contributed by atoms with Gasteiger partial charge in [0, 0.05) is 20.1 Å². The van der Waals surface area contributed by atoms with E-state index in [2.05, 4.69) is 6.58 Å². The Morgan fingerprint density at radius 3 is 2.50 bits per heavy atom. The lowest BCUT2D eigenvalue weighted by atomic mass is 9.97. The molecule has 1 aliphatic heterocycles. The molecule has 3 atom stereocenters. The van der Waals surface area contributed by atoms with Gasteiger partial charge in [-0.3, -0.25) is 0 Å². The molecule has 0 N–H and O–H groups in total. The SMILES string of the molecule is C=C1O[C@H](OC)[C@@H](OCc2ccc(OC)cc2)C[C@@H]1COC. The molecule has 0 saturated carbocycles. The summed E-state index contributed by atoms with van der Waals surface area (Å²) in [6.07, 6.45) is 0.179. The number of methoxy groups -OCH3 is 3. The van der Waals surface area contributed by atoms with E-state index in [-0.39, 0.29) is 12.0 Å². The van der Waals surface area contributed by atoms with Crippen molar-refractivity contribution in [2.75, 3.05) is 27.9 Å². The first-order valence-electron chi connectivity index (χ1n) is 7.29. The molecular formula is C17H24O5. The van der Waals surface area contributed by atoms with E-state index < -0.39 is 6.29 Å². The molecule has 22 heavy (non-hydrogen) atoms. The van der Waals surface area contributed by atoms with Crippen LogP contribution in [0.4, 0.5) is 0 Å². The predicted molar refractivity (Wildman–Crippen MR) is 82.6 cm³/mol. The lowest BCUT2D eigenvalue weighted by Gasteiger charge is -2.36. The zero-order valence-corrected chi connectivity index (χ0v) is 13.4. The van der Waals surface area contributed by atoms with Crippen molar-refractivity contribution in [2.45, 2.75) is 25.4 Å². The van der Waals surface area contributed by atoms with E-state index in [1.165, 1.54) is 0 Å². The number of benzene rings is 1. The Kier molecular flexibility index (Phi) is 6.24. The summed E-state index contributed by atoms with van der Waals surface area (Å²) in [6, 6.07) is 7.80. The Bertz CT molecular complexity index is 470. The van der Waals surface area contributed by atoms with Gasteiger partial charge in [0.25, 0.3) is 0 Å². The molecule has 0 aliphatic carbocycles. The van der Waals surface area contributed by atoms with Gasteiger partial charge < -0.3 is 23.7 Å². The minimum Gasteiger partial charge on any atom is -0.497 e. The Morgan fingerprint density at radius 2 is 1.91 bits per heavy atom. The number of hydrogen-bond acceptors (Lipinski definition) is 5. The van der Waals surface area contributed by atoms with Crippen molar-refractivity contribution < 1.29 is 23.7 Å². The smallest absolute Gasteiger partial charge is 0.225 e. The quantitative estimate of drug-likeness (QED) is 0.775. The largest absolute Gasteiger partial charge is 0.497 e. The molecule has 1 aromatic rings. The van der Waals surface area contributed by atoms with Crippen LogP contribution in [0.15, 0.2) is 36.6 Å². The van der Waals surface area contributed by atoms with Gasteiger partial charge in [0.15, 0.2) is 0 Å². The molecule has 2 rings (SSSR count). The topological polar surface area (TPSA) is 46.2 Å². The fourth-order valence-electron chi connectivity index (χ4n) is 2.48. The van der Waals surface area contributed by atoms with Gasteiger partial charge in [-0.25, -0.2) is 0 Å². The second-order valence-corrected chi connectivity index (χ2v) is 5.27. The zero-order valence-electron chi connectivity index (χ0n) is 13.4. The van der Waals surface area contributed by atoms with Crippen LogP contribution in [0.1, 0.15) is 12.0 Å². The van der Waals surface area contributed by atoms with Crippen molar-refractivity contribution in [3.63, 3.8) is 0 Å². The lowest BCUT2D eigenvalue weighted by Crippen LogP contribution is -2.41. The van der Waals surface area contributed by atoms with Gasteiger partial charge >= 0.3 is 0 Å². The summed E-state index contributed by atoms with van der Waals surface area (Å²) in [6.45, 7) is 4.99. The Balaban J connectivity index is 1.94. The Morgan fingerprint density at radius 1 is 1.18 bits per heavy atom. The third-order valence-electron chi connectivity index (χ3n) is 3.77. The van der Waals surface area contributed by atoms with Crippen molar-refractivity contribution in [1.82, 2.24) is 0 Å². The van der Waals surface area contributed by atoms with Crippen LogP contribution in [0.3, 0.4) is 0 Å². The summed E-state index contributed by atoms with van der Waals surface area (Å²) in [5, 5.41) is 0. The van der Waals surface area contributed by atoms with E-state index in [4.69, 9.17) is 23.7 Å². The molecule has 0 bridgehead atoms. The van der Waals surface area contributed by atoms with Gasteiger partial charge in [0.1, 0.15) is 11.9 Å². The van der Waals surface area contributed by atoms with Crippen LogP contribution < -0.4 is 4.74 Å². The maximum atomic E-state index is 5.98. The number of rotatable bonds is 7. The third kappa shape index (κ3) is 4.22. The van der Waals surface area contributed by atoms with Crippen molar-refractivity contribution in [2.24, 2.45) is 5.92 Å². The van der Waals surface area contributed by atoms with E-state index in [0.29, 0.717) is 19.0 Å². The molecule has 122 valence electrons. The van der Waals surface area contributed by atoms with Crippen molar-refractivity contribution >= 4 is 0 Å². The summed E-state index contributed by atoms with van der Waals surface area (Å²) in [5.74, 6) is 1.64. The molecule has 1 aromatic carbocycles. The average molecular weight is 308 g/mol. The standard InChI is InChI=1S/C17H24O5/c1-12-14(11-18-2)9-16(17(20-4)22-12)21-10-13-5-7-15(19-3)8-6-13/h5-8,14,16-17H,1,9-11H2,2-4H3/t14-,16+,17+/m1/s1. The first kappa shape index (κ1) is 16.8. The molecular weight excluding hydrogens is 284 g/mol. The normalized spacial score (nSPS) is 24.9. The maximum absolute atomic E-state index is 5.98. The van der Waals surface area contributed by atoms with Crippen LogP contribution in [0, 0.1) is 5.92 Å². The third-order valence-corrected chi connectivity index (χ3v) is 3.77. The van der Waals surface area contributed by atoms with E-state index in [1.807, 2.05) is 24.3 Å². The fraction of sp³-hybridized carbons (Fsp3) is 0.529. The summed E-state index contributed by atoms with van der Waals surface area (Å²) >= 11 is 0. The van der Waals surface area contributed by atoms with Crippen LogP contribution in [-0.2, 0) is 25.6 Å². The summed E-state index contributed by atoms with van der Waals surface area (Å²) in [4.78, 5) is 0. The van der Waals surface area contributed by atoms with E-state index in [0.717, 1.165) is 17.7 Å². The second kappa shape index (κ2) is 8.17. The first-order valence-corrected chi connectivity index (χ1v) is 7.29. The fourth-order valence-corrected chi connectivity index (χ4v) is 2.48. The molecule has 5 nitrogen and oxygen atoms in total. The highest BCUT2D eigenvalue weighted by molar-refractivity contribution is 5.26. The minimum absolute atomic E-state index is 0.122. The molecule has 0 spiro atoms. The Hall–Kier alpha value is -1.56. The highest BCUT2D eigenvalue weighted by Crippen LogP contribution is 2.30. The van der Waals surface area contributed by atoms with Crippen LogP contribution in [0.2, 0.25) is 0 Å². The van der Waals surface area contributed by atoms with Gasteiger partial charge in [0.2, 0.25) is 6.29 Å². The Labute approximate surface area is 131 Å². The summed E-state index contributed by atoms with van der Waals surface area (Å²) in [7, 11) is 4.93. The zero-order chi connectivity index (χ0) is 15.9. The van der Waals surface area contributed by atoms with Crippen molar-refractivity contribution in [3.05, 3.63) is 42.2 Å². The van der Waals surface area contributed by atoms with Crippen LogP contribution >= 0.6 is 0 Å². The van der Waals surface area contributed by atoms with Gasteiger partial charge in [-0.1, -0.05) is 18.7 Å². The summed E-state index contributed by atoms with van der Waals surface area (Å²) < 4.78 is 27.4. The molecule has 1 saturated heterocycles. The van der Waals surface area contributed by atoms with Crippen LogP contribution in [0.5, 0.6) is 5.75 Å². The lowest BCUT2D eigenvalue weighted by molar-refractivity contribution is -0.209. The number of ether oxygens (including phenoxy) is 5. The van der Waals surface area contributed by atoms with Crippen molar-refractivity contribution in [1.29, 1.82) is 0 Å². The van der Waals surface area contributed by atoms with Gasteiger partial charge in [0.05, 0.1) is 26.1 Å².